The van der Waals surface area contributed by atoms with Gasteiger partial charge in [0.1, 0.15) is 5.75 Å². The number of piperidine rings is 1. The van der Waals surface area contributed by atoms with E-state index < -0.39 is 0 Å². The normalized spacial score (nSPS) is 22.5. The number of nitrogens with one attached hydrogen (secondary N) is 2. The molecular formula is C24H42IN5O2. The molecule has 182 valence electrons. The minimum absolute atomic E-state index is 0. The first-order valence-electron chi connectivity index (χ1n) is 11.8. The van der Waals surface area contributed by atoms with Crippen molar-refractivity contribution in [3.63, 3.8) is 0 Å². The third-order valence-electron chi connectivity index (χ3n) is 6.57. The molecule has 0 saturated carbocycles. The molecule has 2 saturated heterocycles. The number of hydrogen-bond acceptors (Lipinski definition) is 5. The van der Waals surface area contributed by atoms with Gasteiger partial charge < -0.3 is 20.1 Å². The highest BCUT2D eigenvalue weighted by Crippen LogP contribution is 2.25. The van der Waals surface area contributed by atoms with Crippen molar-refractivity contribution in [2.75, 3.05) is 60.1 Å². The minimum Gasteiger partial charge on any atom is -0.497 e. The summed E-state index contributed by atoms with van der Waals surface area (Å²) in [5.74, 6) is 1.76. The quantitative estimate of drug-likeness (QED) is 0.290. The molecule has 0 radical (unpaired) electrons. The van der Waals surface area contributed by atoms with Gasteiger partial charge in [-0.2, -0.15) is 0 Å². The number of guanidine groups is 1. The van der Waals surface area contributed by atoms with Crippen LogP contribution in [0.5, 0.6) is 5.75 Å². The summed E-state index contributed by atoms with van der Waals surface area (Å²) in [5.41, 5.74) is 1.32. The zero-order valence-corrected chi connectivity index (χ0v) is 22.5. The van der Waals surface area contributed by atoms with Gasteiger partial charge in [-0.3, -0.25) is 14.8 Å². The number of benzene rings is 1. The molecule has 0 spiro atoms. The van der Waals surface area contributed by atoms with Crippen LogP contribution in [0.3, 0.4) is 0 Å². The lowest BCUT2D eigenvalue weighted by Gasteiger charge is -2.38. The van der Waals surface area contributed by atoms with Crippen LogP contribution in [-0.2, 0) is 4.74 Å². The third kappa shape index (κ3) is 7.74. The fraction of sp³-hybridized carbons (Fsp3) is 0.708. The molecule has 2 heterocycles. The smallest absolute Gasteiger partial charge is 0.191 e. The zero-order valence-electron chi connectivity index (χ0n) is 20.2. The summed E-state index contributed by atoms with van der Waals surface area (Å²) >= 11 is 0. The van der Waals surface area contributed by atoms with E-state index in [1.165, 1.54) is 24.8 Å². The van der Waals surface area contributed by atoms with Crippen LogP contribution in [0.25, 0.3) is 0 Å². The molecule has 32 heavy (non-hydrogen) atoms. The molecule has 1 aromatic carbocycles. The molecule has 0 aliphatic carbocycles. The Morgan fingerprint density at radius 3 is 2.44 bits per heavy atom. The monoisotopic (exact) mass is 559 g/mol. The maximum atomic E-state index is 5.58. The molecule has 2 fully saturated rings. The number of morpholine rings is 1. The van der Waals surface area contributed by atoms with Crippen molar-refractivity contribution < 1.29 is 9.47 Å². The lowest BCUT2D eigenvalue weighted by atomic mass is 10.0. The number of aliphatic imine (C=N–C) groups is 1. The summed E-state index contributed by atoms with van der Waals surface area (Å²) in [5, 5.41) is 7.12. The number of methoxy groups -OCH3 is 1. The predicted molar refractivity (Wildman–Crippen MR) is 142 cm³/mol. The van der Waals surface area contributed by atoms with Crippen molar-refractivity contribution >= 4 is 29.9 Å². The summed E-state index contributed by atoms with van der Waals surface area (Å²) in [6.45, 7) is 11.1. The molecule has 8 heteroatoms. The molecule has 1 aromatic rings. The Morgan fingerprint density at radius 2 is 1.81 bits per heavy atom. The van der Waals surface area contributed by atoms with Crippen molar-refractivity contribution in [3.05, 3.63) is 29.8 Å². The van der Waals surface area contributed by atoms with E-state index in [-0.39, 0.29) is 24.0 Å². The Kier molecular flexibility index (Phi) is 12.1. The van der Waals surface area contributed by atoms with Crippen molar-refractivity contribution in [1.82, 2.24) is 20.4 Å². The minimum atomic E-state index is 0. The number of ether oxygens (including phenoxy) is 2. The first-order valence-corrected chi connectivity index (χ1v) is 11.8. The van der Waals surface area contributed by atoms with Gasteiger partial charge in [-0.15, -0.1) is 24.0 Å². The molecule has 7 nitrogen and oxygen atoms in total. The van der Waals surface area contributed by atoms with Crippen LogP contribution < -0.4 is 15.4 Å². The van der Waals surface area contributed by atoms with Gasteiger partial charge in [-0.05, 0) is 57.5 Å². The molecule has 0 bridgehead atoms. The second-order valence-electron chi connectivity index (χ2n) is 8.73. The Morgan fingerprint density at radius 1 is 1.12 bits per heavy atom. The SMILES string of the molecule is CN=C(NCC(c1ccc(OC)cc1)N1CCCCC1)NCC(C)N1CCOCC1C.I. The van der Waals surface area contributed by atoms with Crippen LogP contribution in [0.15, 0.2) is 29.3 Å². The summed E-state index contributed by atoms with van der Waals surface area (Å²) in [4.78, 5) is 9.59. The molecule has 0 aromatic heterocycles. The van der Waals surface area contributed by atoms with E-state index >= 15 is 0 Å². The van der Waals surface area contributed by atoms with E-state index in [2.05, 4.69) is 63.5 Å². The van der Waals surface area contributed by atoms with Crippen LogP contribution >= 0.6 is 24.0 Å². The molecular weight excluding hydrogens is 517 g/mol. The Bertz CT molecular complexity index is 681. The average Bonchev–Trinajstić information content (AvgIpc) is 2.82. The number of nitrogens with zero attached hydrogens (tertiary/aromatic N) is 3. The van der Waals surface area contributed by atoms with Crippen molar-refractivity contribution in [3.8, 4) is 5.75 Å². The van der Waals surface area contributed by atoms with Crippen LogP contribution in [0.4, 0.5) is 0 Å². The van der Waals surface area contributed by atoms with E-state index in [0.29, 0.717) is 18.1 Å². The second-order valence-corrected chi connectivity index (χ2v) is 8.73. The van der Waals surface area contributed by atoms with Gasteiger partial charge in [0.05, 0.1) is 26.4 Å². The summed E-state index contributed by atoms with van der Waals surface area (Å²) in [6.07, 6.45) is 3.88. The maximum absolute atomic E-state index is 5.58. The molecule has 3 rings (SSSR count). The molecule has 2 aliphatic rings. The topological polar surface area (TPSA) is 61.4 Å². The fourth-order valence-corrected chi connectivity index (χ4v) is 4.68. The molecule has 2 aliphatic heterocycles. The van der Waals surface area contributed by atoms with Crippen LogP contribution in [0.2, 0.25) is 0 Å². The Hall–Kier alpha value is -1.10. The average molecular weight is 560 g/mol. The van der Waals surface area contributed by atoms with Gasteiger partial charge in [0.15, 0.2) is 5.96 Å². The van der Waals surface area contributed by atoms with E-state index in [1.54, 1.807) is 7.11 Å². The fourth-order valence-electron chi connectivity index (χ4n) is 4.68. The van der Waals surface area contributed by atoms with Gasteiger partial charge in [-0.25, -0.2) is 0 Å². The van der Waals surface area contributed by atoms with Crippen LogP contribution in [-0.4, -0.2) is 87.9 Å². The number of halogens is 1. The maximum Gasteiger partial charge on any atom is 0.191 e. The Balaban J connectivity index is 0.00000363. The van der Waals surface area contributed by atoms with Gasteiger partial charge >= 0.3 is 0 Å². The molecule has 2 N–H and O–H groups in total. The van der Waals surface area contributed by atoms with Gasteiger partial charge in [0.2, 0.25) is 0 Å². The second kappa shape index (κ2) is 14.2. The summed E-state index contributed by atoms with van der Waals surface area (Å²) < 4.78 is 10.9. The first-order chi connectivity index (χ1) is 15.1. The van der Waals surface area contributed by atoms with Gasteiger partial charge in [0.25, 0.3) is 0 Å². The van der Waals surface area contributed by atoms with E-state index in [4.69, 9.17) is 9.47 Å². The molecule has 3 unspecified atom stereocenters. The van der Waals surface area contributed by atoms with Crippen molar-refractivity contribution in [2.45, 2.75) is 51.2 Å². The van der Waals surface area contributed by atoms with E-state index in [9.17, 15) is 0 Å². The van der Waals surface area contributed by atoms with Gasteiger partial charge in [0, 0.05) is 38.8 Å². The molecule has 0 amide bonds. The zero-order chi connectivity index (χ0) is 22.1. The third-order valence-corrected chi connectivity index (χ3v) is 6.57. The van der Waals surface area contributed by atoms with Crippen LogP contribution in [0, 0.1) is 0 Å². The molecule has 3 atom stereocenters. The lowest BCUT2D eigenvalue weighted by Crippen LogP contribution is -2.53. The predicted octanol–water partition coefficient (Wildman–Crippen LogP) is 3.11. The highest BCUT2D eigenvalue weighted by molar-refractivity contribution is 14.0. The highest BCUT2D eigenvalue weighted by atomic mass is 127. The lowest BCUT2D eigenvalue weighted by molar-refractivity contribution is -0.0174. The first kappa shape index (κ1) is 27.1. The number of hydrogen-bond donors (Lipinski definition) is 2. The van der Waals surface area contributed by atoms with Crippen molar-refractivity contribution in [2.24, 2.45) is 4.99 Å². The van der Waals surface area contributed by atoms with Crippen LogP contribution in [0.1, 0.15) is 44.7 Å². The number of likely N-dealkylation sites (tertiary alicyclic amines) is 1. The highest BCUT2D eigenvalue weighted by Gasteiger charge is 2.25. The standard InChI is InChI=1S/C24H41N5O2.HI/c1-19(29-14-15-31-18-20(29)2)16-26-24(25-3)27-17-23(28-12-6-5-7-13-28)21-8-10-22(30-4)11-9-21;/h8-11,19-20,23H,5-7,12-18H2,1-4H3,(H2,25,26,27);1H. The number of rotatable bonds is 8. The summed E-state index contributed by atoms with van der Waals surface area (Å²) in [6, 6.07) is 9.71. The van der Waals surface area contributed by atoms with Gasteiger partial charge in [-0.1, -0.05) is 18.6 Å². The Labute approximate surface area is 211 Å². The summed E-state index contributed by atoms with van der Waals surface area (Å²) in [7, 11) is 3.56. The van der Waals surface area contributed by atoms with E-state index in [1.807, 2.05) is 7.05 Å². The largest absolute Gasteiger partial charge is 0.497 e. The van der Waals surface area contributed by atoms with E-state index in [0.717, 1.165) is 57.6 Å². The van der Waals surface area contributed by atoms with Crippen molar-refractivity contribution in [1.29, 1.82) is 0 Å².